The summed E-state index contributed by atoms with van der Waals surface area (Å²) in [5, 5.41) is 3.00. The lowest BCUT2D eigenvalue weighted by molar-refractivity contribution is 0.0950. The van der Waals surface area contributed by atoms with E-state index in [0.29, 0.717) is 30.6 Å². The van der Waals surface area contributed by atoms with Gasteiger partial charge in [-0.15, -0.1) is 0 Å². The molecule has 2 fully saturated rings. The smallest absolute Gasteiger partial charge is 0.253 e. The van der Waals surface area contributed by atoms with Crippen molar-refractivity contribution in [3.63, 3.8) is 0 Å². The molecule has 31 heavy (non-hydrogen) atoms. The third-order valence-electron chi connectivity index (χ3n) is 6.75. The number of benzene rings is 1. The maximum Gasteiger partial charge on any atom is 0.253 e. The Bertz CT molecular complexity index is 1030. The van der Waals surface area contributed by atoms with Crippen molar-refractivity contribution < 1.29 is 13.2 Å². The molecule has 6 nitrogen and oxygen atoms in total. The SMILES string of the molecule is Cc1cc(C(=O)NCc2ccc(S(=O)(=O)N3CCCC3)cc2)c(C)n1C1CCCCC1. The molecule has 1 aliphatic carbocycles. The summed E-state index contributed by atoms with van der Waals surface area (Å²) in [5.74, 6) is -0.0797. The molecule has 2 heterocycles. The van der Waals surface area contributed by atoms with Gasteiger partial charge < -0.3 is 9.88 Å². The standard InChI is InChI=1S/C24H33N3O3S/c1-18-16-23(19(2)27(18)21-8-4-3-5-9-21)24(28)25-17-20-10-12-22(13-11-20)31(29,30)26-14-6-7-15-26/h10-13,16,21H,3-9,14-15,17H2,1-2H3,(H,25,28). The molecule has 0 spiro atoms. The molecule has 0 bridgehead atoms. The second kappa shape index (κ2) is 9.17. The summed E-state index contributed by atoms with van der Waals surface area (Å²) in [6, 6.07) is 9.35. The largest absolute Gasteiger partial charge is 0.348 e. The third kappa shape index (κ3) is 4.58. The number of aromatic nitrogens is 1. The predicted molar refractivity (Wildman–Crippen MR) is 122 cm³/mol. The molecule has 0 atom stereocenters. The highest BCUT2D eigenvalue weighted by molar-refractivity contribution is 7.89. The van der Waals surface area contributed by atoms with Gasteiger partial charge in [-0.25, -0.2) is 8.42 Å². The van der Waals surface area contributed by atoms with E-state index < -0.39 is 10.0 Å². The average Bonchev–Trinajstić information content (AvgIpc) is 3.42. The van der Waals surface area contributed by atoms with Gasteiger partial charge in [0.2, 0.25) is 10.0 Å². The van der Waals surface area contributed by atoms with Crippen LogP contribution in [0.2, 0.25) is 0 Å². The molecule has 1 saturated heterocycles. The maximum absolute atomic E-state index is 12.9. The van der Waals surface area contributed by atoms with Gasteiger partial charge in [0.25, 0.3) is 5.91 Å². The summed E-state index contributed by atoms with van der Waals surface area (Å²) in [6.07, 6.45) is 8.03. The quantitative estimate of drug-likeness (QED) is 0.723. The summed E-state index contributed by atoms with van der Waals surface area (Å²) in [7, 11) is -3.40. The third-order valence-corrected chi connectivity index (χ3v) is 8.66. The highest BCUT2D eigenvalue weighted by atomic mass is 32.2. The van der Waals surface area contributed by atoms with Crippen LogP contribution in [-0.2, 0) is 16.6 Å². The molecule has 1 aromatic heterocycles. The van der Waals surface area contributed by atoms with Gasteiger partial charge >= 0.3 is 0 Å². The van der Waals surface area contributed by atoms with Crippen molar-refractivity contribution >= 4 is 15.9 Å². The Morgan fingerprint density at radius 3 is 2.29 bits per heavy atom. The topological polar surface area (TPSA) is 71.4 Å². The van der Waals surface area contributed by atoms with Crippen LogP contribution in [0.3, 0.4) is 0 Å². The Morgan fingerprint density at radius 1 is 1.00 bits per heavy atom. The lowest BCUT2D eigenvalue weighted by atomic mass is 9.95. The summed E-state index contributed by atoms with van der Waals surface area (Å²) in [4.78, 5) is 13.2. The minimum absolute atomic E-state index is 0.0797. The summed E-state index contributed by atoms with van der Waals surface area (Å²) in [6.45, 7) is 5.68. The van der Waals surface area contributed by atoms with Gasteiger partial charge in [-0.2, -0.15) is 4.31 Å². The Morgan fingerprint density at radius 2 is 1.65 bits per heavy atom. The molecule has 7 heteroatoms. The molecule has 2 aliphatic rings. The Balaban J connectivity index is 1.41. The minimum Gasteiger partial charge on any atom is -0.348 e. The van der Waals surface area contributed by atoms with E-state index in [9.17, 15) is 13.2 Å². The summed E-state index contributed by atoms with van der Waals surface area (Å²) >= 11 is 0. The van der Waals surface area contributed by atoms with Gasteiger partial charge in [0, 0.05) is 37.1 Å². The number of sulfonamides is 1. The van der Waals surface area contributed by atoms with Crippen LogP contribution < -0.4 is 5.32 Å². The molecular weight excluding hydrogens is 410 g/mol. The second-order valence-corrected chi connectivity index (χ2v) is 10.8. The molecular formula is C24H33N3O3S. The number of carbonyl (C=O) groups is 1. The molecule has 0 unspecified atom stereocenters. The normalized spacial score (nSPS) is 18.4. The van der Waals surface area contributed by atoms with E-state index in [0.717, 1.165) is 35.4 Å². The Labute approximate surface area is 185 Å². The minimum atomic E-state index is -3.40. The first kappa shape index (κ1) is 22.1. The van der Waals surface area contributed by atoms with Gasteiger partial charge in [-0.1, -0.05) is 31.4 Å². The van der Waals surface area contributed by atoms with Gasteiger partial charge in [-0.05, 0) is 63.3 Å². The average molecular weight is 444 g/mol. The zero-order valence-corrected chi connectivity index (χ0v) is 19.4. The van der Waals surface area contributed by atoms with Crippen LogP contribution in [0, 0.1) is 13.8 Å². The number of nitrogens with zero attached hydrogens (tertiary/aromatic N) is 2. The van der Waals surface area contributed by atoms with E-state index >= 15 is 0 Å². The van der Waals surface area contributed by atoms with Gasteiger partial charge in [-0.3, -0.25) is 4.79 Å². The van der Waals surface area contributed by atoms with E-state index in [-0.39, 0.29) is 5.91 Å². The molecule has 1 N–H and O–H groups in total. The van der Waals surface area contributed by atoms with Gasteiger partial charge in [0.1, 0.15) is 0 Å². The molecule has 1 amide bonds. The van der Waals surface area contributed by atoms with Crippen LogP contribution in [0.5, 0.6) is 0 Å². The first-order chi connectivity index (χ1) is 14.9. The fraction of sp³-hybridized carbons (Fsp3) is 0.542. The molecule has 4 rings (SSSR count). The van der Waals surface area contributed by atoms with Crippen molar-refractivity contribution in [2.24, 2.45) is 0 Å². The molecule has 1 aromatic carbocycles. The number of carbonyl (C=O) groups excluding carboxylic acids is 1. The van der Waals surface area contributed by atoms with Crippen LogP contribution in [0.4, 0.5) is 0 Å². The molecule has 2 aromatic rings. The van der Waals surface area contributed by atoms with Crippen LogP contribution in [0.1, 0.15) is 78.3 Å². The number of aryl methyl sites for hydroxylation is 1. The van der Waals surface area contributed by atoms with Crippen LogP contribution in [0.25, 0.3) is 0 Å². The predicted octanol–water partition coefficient (Wildman–Crippen LogP) is 4.32. The number of rotatable bonds is 6. The van der Waals surface area contributed by atoms with Crippen molar-refractivity contribution in [1.82, 2.24) is 14.2 Å². The maximum atomic E-state index is 12.9. The monoisotopic (exact) mass is 443 g/mol. The molecule has 168 valence electrons. The summed E-state index contributed by atoms with van der Waals surface area (Å²) in [5.41, 5.74) is 3.80. The van der Waals surface area contributed by atoms with Crippen molar-refractivity contribution in [3.05, 3.63) is 52.8 Å². The van der Waals surface area contributed by atoms with E-state index in [1.165, 1.54) is 32.1 Å². The lowest BCUT2D eigenvalue weighted by Gasteiger charge is -2.26. The van der Waals surface area contributed by atoms with Crippen molar-refractivity contribution in [2.75, 3.05) is 13.1 Å². The van der Waals surface area contributed by atoms with Crippen molar-refractivity contribution in [1.29, 1.82) is 0 Å². The first-order valence-electron chi connectivity index (χ1n) is 11.4. The van der Waals surface area contributed by atoms with E-state index in [2.05, 4.69) is 16.8 Å². The second-order valence-electron chi connectivity index (χ2n) is 8.88. The molecule has 0 radical (unpaired) electrons. The Kier molecular flexibility index (Phi) is 6.53. The molecule has 1 saturated carbocycles. The van der Waals surface area contributed by atoms with Crippen LogP contribution in [0.15, 0.2) is 35.2 Å². The van der Waals surface area contributed by atoms with E-state index in [1.807, 2.05) is 13.0 Å². The zero-order valence-electron chi connectivity index (χ0n) is 18.6. The fourth-order valence-electron chi connectivity index (χ4n) is 5.04. The highest BCUT2D eigenvalue weighted by Gasteiger charge is 2.27. The number of nitrogens with one attached hydrogen (secondary N) is 1. The van der Waals surface area contributed by atoms with Crippen molar-refractivity contribution in [2.45, 2.75) is 76.3 Å². The number of hydrogen-bond donors (Lipinski definition) is 1. The number of amides is 1. The highest BCUT2D eigenvalue weighted by Crippen LogP contribution is 2.32. The van der Waals surface area contributed by atoms with E-state index in [4.69, 9.17) is 0 Å². The van der Waals surface area contributed by atoms with Crippen LogP contribution in [-0.4, -0.2) is 36.3 Å². The van der Waals surface area contributed by atoms with Crippen LogP contribution >= 0.6 is 0 Å². The first-order valence-corrected chi connectivity index (χ1v) is 12.9. The van der Waals surface area contributed by atoms with Gasteiger partial charge in [0.15, 0.2) is 0 Å². The summed E-state index contributed by atoms with van der Waals surface area (Å²) < 4.78 is 29.2. The lowest BCUT2D eigenvalue weighted by Crippen LogP contribution is -2.28. The number of hydrogen-bond acceptors (Lipinski definition) is 3. The Hall–Kier alpha value is -2.12. The van der Waals surface area contributed by atoms with Crippen molar-refractivity contribution in [3.8, 4) is 0 Å². The fourth-order valence-corrected chi connectivity index (χ4v) is 6.56. The van der Waals surface area contributed by atoms with Gasteiger partial charge in [0.05, 0.1) is 10.5 Å². The van der Waals surface area contributed by atoms with E-state index in [1.54, 1.807) is 28.6 Å². The zero-order chi connectivity index (χ0) is 22.0. The molecule has 1 aliphatic heterocycles.